The average molecular weight is 293 g/mol. The summed E-state index contributed by atoms with van der Waals surface area (Å²) in [7, 11) is 2.05. The van der Waals surface area contributed by atoms with Gasteiger partial charge in [0.05, 0.1) is 4.47 Å². The van der Waals surface area contributed by atoms with Crippen molar-refractivity contribution in [1.82, 2.24) is 4.90 Å². The largest absolute Gasteiger partial charge is 0.299 e. The molecule has 0 unspecified atom stereocenters. The van der Waals surface area contributed by atoms with Gasteiger partial charge in [-0.1, -0.05) is 11.6 Å². The van der Waals surface area contributed by atoms with Crippen molar-refractivity contribution in [3.05, 3.63) is 33.0 Å². The number of rotatable bonds is 3. The number of halogens is 3. The lowest BCUT2D eigenvalue weighted by Gasteiger charge is -2.16. The molecule has 0 bridgehead atoms. The quantitative estimate of drug-likeness (QED) is 0.765. The molecule has 1 nitrogen and oxygen atoms in total. The summed E-state index contributed by atoms with van der Waals surface area (Å²) in [5, 5.41) is 0.621. The second-order valence-electron chi connectivity index (χ2n) is 4.00. The Labute approximate surface area is 102 Å². The third-order valence-corrected chi connectivity index (χ3v) is 3.64. The third-order valence-electron chi connectivity index (χ3n) is 2.68. The zero-order valence-electron chi connectivity index (χ0n) is 8.43. The summed E-state index contributed by atoms with van der Waals surface area (Å²) in [6.45, 7) is 0.716. The van der Waals surface area contributed by atoms with Crippen molar-refractivity contribution in [3.8, 4) is 0 Å². The Balaban J connectivity index is 2.16. The summed E-state index contributed by atoms with van der Waals surface area (Å²) in [4.78, 5) is 2.22. The van der Waals surface area contributed by atoms with Crippen LogP contribution in [0.5, 0.6) is 0 Å². The van der Waals surface area contributed by atoms with Crippen molar-refractivity contribution < 1.29 is 4.39 Å². The van der Waals surface area contributed by atoms with Gasteiger partial charge in [-0.25, -0.2) is 4.39 Å². The maximum absolute atomic E-state index is 13.3. The van der Waals surface area contributed by atoms with Gasteiger partial charge in [-0.2, -0.15) is 0 Å². The summed E-state index contributed by atoms with van der Waals surface area (Å²) in [6, 6.07) is 3.78. The lowest BCUT2D eigenvalue weighted by atomic mass is 10.2. The fourth-order valence-electron chi connectivity index (χ4n) is 1.60. The van der Waals surface area contributed by atoms with Crippen molar-refractivity contribution in [2.75, 3.05) is 7.05 Å². The molecular weight excluding hydrogens is 280 g/mol. The predicted octanol–water partition coefficient (Wildman–Crippen LogP) is 3.84. The van der Waals surface area contributed by atoms with Crippen LogP contribution in [-0.2, 0) is 6.54 Å². The predicted molar refractivity (Wildman–Crippen MR) is 63.6 cm³/mol. The van der Waals surface area contributed by atoms with E-state index in [1.54, 1.807) is 6.07 Å². The van der Waals surface area contributed by atoms with Crippen molar-refractivity contribution in [2.45, 2.75) is 25.4 Å². The SMILES string of the molecule is CN(Cc1cc(F)c(Br)cc1Cl)C1CC1. The fourth-order valence-corrected chi connectivity index (χ4v) is 2.30. The van der Waals surface area contributed by atoms with Gasteiger partial charge in [0.1, 0.15) is 5.82 Å². The first-order chi connectivity index (χ1) is 7.08. The maximum atomic E-state index is 13.3. The molecule has 1 aliphatic carbocycles. The molecule has 0 spiro atoms. The van der Waals surface area contributed by atoms with Gasteiger partial charge in [0.2, 0.25) is 0 Å². The molecule has 0 heterocycles. The molecule has 1 fully saturated rings. The zero-order chi connectivity index (χ0) is 11.0. The van der Waals surface area contributed by atoms with E-state index >= 15 is 0 Å². The van der Waals surface area contributed by atoms with Gasteiger partial charge in [-0.15, -0.1) is 0 Å². The number of hydrogen-bond acceptors (Lipinski definition) is 1. The van der Waals surface area contributed by atoms with Crippen LogP contribution in [0.3, 0.4) is 0 Å². The van der Waals surface area contributed by atoms with E-state index in [9.17, 15) is 4.39 Å². The van der Waals surface area contributed by atoms with E-state index in [1.807, 2.05) is 7.05 Å². The number of nitrogens with zero attached hydrogens (tertiary/aromatic N) is 1. The summed E-state index contributed by atoms with van der Waals surface area (Å²) in [5.41, 5.74) is 0.853. The molecule has 1 aliphatic rings. The van der Waals surface area contributed by atoms with Gasteiger partial charge >= 0.3 is 0 Å². The minimum absolute atomic E-state index is 0.251. The maximum Gasteiger partial charge on any atom is 0.137 e. The van der Waals surface area contributed by atoms with E-state index in [2.05, 4.69) is 20.8 Å². The lowest BCUT2D eigenvalue weighted by molar-refractivity contribution is 0.316. The van der Waals surface area contributed by atoms with E-state index in [-0.39, 0.29) is 5.82 Å². The minimum Gasteiger partial charge on any atom is -0.299 e. The van der Waals surface area contributed by atoms with Crippen molar-refractivity contribution >= 4 is 27.5 Å². The molecule has 0 aromatic heterocycles. The average Bonchev–Trinajstić information content (AvgIpc) is 2.97. The van der Waals surface area contributed by atoms with E-state index in [4.69, 9.17) is 11.6 Å². The molecule has 15 heavy (non-hydrogen) atoms. The zero-order valence-corrected chi connectivity index (χ0v) is 10.8. The van der Waals surface area contributed by atoms with Gasteiger partial charge in [0.25, 0.3) is 0 Å². The smallest absolute Gasteiger partial charge is 0.137 e. The van der Waals surface area contributed by atoms with Gasteiger partial charge in [0, 0.05) is 17.6 Å². The van der Waals surface area contributed by atoms with Crippen LogP contribution >= 0.6 is 27.5 Å². The molecule has 0 atom stereocenters. The second kappa shape index (κ2) is 4.40. The van der Waals surface area contributed by atoms with Crippen LogP contribution in [0.1, 0.15) is 18.4 Å². The Morgan fingerprint density at radius 1 is 1.53 bits per heavy atom. The Morgan fingerprint density at radius 2 is 2.20 bits per heavy atom. The first-order valence-corrected chi connectivity index (χ1v) is 6.08. The third kappa shape index (κ3) is 2.71. The normalized spacial score (nSPS) is 16.1. The van der Waals surface area contributed by atoms with Gasteiger partial charge in [0.15, 0.2) is 0 Å². The first kappa shape index (κ1) is 11.4. The van der Waals surface area contributed by atoms with E-state index < -0.39 is 0 Å². The molecule has 1 aromatic carbocycles. The van der Waals surface area contributed by atoms with Crippen LogP contribution in [0.4, 0.5) is 4.39 Å². The van der Waals surface area contributed by atoms with E-state index in [0.29, 0.717) is 22.1 Å². The second-order valence-corrected chi connectivity index (χ2v) is 5.27. The van der Waals surface area contributed by atoms with Gasteiger partial charge in [-0.05, 0) is 53.5 Å². The lowest BCUT2D eigenvalue weighted by Crippen LogP contribution is -2.20. The first-order valence-electron chi connectivity index (χ1n) is 4.91. The van der Waals surface area contributed by atoms with Crippen LogP contribution in [0.15, 0.2) is 16.6 Å². The number of benzene rings is 1. The molecule has 0 amide bonds. The Hall–Kier alpha value is -0.120. The van der Waals surface area contributed by atoms with E-state index in [1.165, 1.54) is 18.9 Å². The topological polar surface area (TPSA) is 3.24 Å². The summed E-state index contributed by atoms with van der Waals surface area (Å²) < 4.78 is 13.7. The molecule has 0 aliphatic heterocycles. The molecule has 4 heteroatoms. The molecular formula is C11H12BrClFN. The van der Waals surface area contributed by atoms with Gasteiger partial charge < -0.3 is 0 Å². The van der Waals surface area contributed by atoms with Gasteiger partial charge in [-0.3, -0.25) is 4.90 Å². The summed E-state index contributed by atoms with van der Waals surface area (Å²) >= 11 is 9.16. The van der Waals surface area contributed by atoms with Crippen LogP contribution < -0.4 is 0 Å². The molecule has 1 saturated carbocycles. The highest BCUT2D eigenvalue weighted by atomic mass is 79.9. The van der Waals surface area contributed by atoms with Crippen LogP contribution in [-0.4, -0.2) is 18.0 Å². The fraction of sp³-hybridized carbons (Fsp3) is 0.455. The number of hydrogen-bond donors (Lipinski definition) is 0. The van der Waals surface area contributed by atoms with Crippen molar-refractivity contribution in [2.24, 2.45) is 0 Å². The molecule has 1 aromatic rings. The van der Waals surface area contributed by atoms with Crippen LogP contribution in [0.2, 0.25) is 5.02 Å². The molecule has 0 N–H and O–H groups in total. The molecule has 82 valence electrons. The van der Waals surface area contributed by atoms with Crippen molar-refractivity contribution in [1.29, 1.82) is 0 Å². The standard InChI is InChI=1S/C11H12BrClFN/c1-15(8-2-3-8)6-7-4-11(14)9(12)5-10(7)13/h4-5,8H,2-3,6H2,1H3. The highest BCUT2D eigenvalue weighted by Gasteiger charge is 2.26. The van der Waals surface area contributed by atoms with Crippen LogP contribution in [0.25, 0.3) is 0 Å². The Morgan fingerprint density at radius 3 is 2.80 bits per heavy atom. The summed E-state index contributed by atoms with van der Waals surface area (Å²) in [5.74, 6) is -0.251. The molecule has 0 radical (unpaired) electrons. The Bertz CT molecular complexity index is 379. The molecule has 0 saturated heterocycles. The monoisotopic (exact) mass is 291 g/mol. The molecule has 2 rings (SSSR count). The Kier molecular flexibility index (Phi) is 3.33. The summed E-state index contributed by atoms with van der Waals surface area (Å²) in [6.07, 6.45) is 2.49. The minimum atomic E-state index is -0.251. The highest BCUT2D eigenvalue weighted by molar-refractivity contribution is 9.10. The highest BCUT2D eigenvalue weighted by Crippen LogP contribution is 2.30. The van der Waals surface area contributed by atoms with Crippen LogP contribution in [0, 0.1) is 5.82 Å². The van der Waals surface area contributed by atoms with Crippen molar-refractivity contribution in [3.63, 3.8) is 0 Å². The van der Waals surface area contributed by atoms with E-state index in [0.717, 1.165) is 5.56 Å².